The normalized spacial score (nSPS) is 12.3. The second-order valence-electron chi connectivity index (χ2n) is 8.32. The molecule has 0 unspecified atom stereocenters. The summed E-state index contributed by atoms with van der Waals surface area (Å²) in [4.78, 5) is 14.5. The lowest BCUT2D eigenvalue weighted by Crippen LogP contribution is -2.37. The summed E-state index contributed by atoms with van der Waals surface area (Å²) in [6.07, 6.45) is -4.61. The molecule has 10 heteroatoms. The number of nitrogens with zero attached hydrogens (tertiary/aromatic N) is 1. The Labute approximate surface area is 191 Å². The minimum absolute atomic E-state index is 0.0138. The van der Waals surface area contributed by atoms with Crippen molar-refractivity contribution in [2.45, 2.75) is 38.8 Å². The average Bonchev–Trinajstić information content (AvgIpc) is 2.65. The summed E-state index contributed by atoms with van der Waals surface area (Å²) < 4.78 is 66.6. The number of sulfonamides is 1. The number of amides is 1. The maximum atomic E-state index is 13.1. The summed E-state index contributed by atoms with van der Waals surface area (Å²) in [5.41, 5.74) is -1.22. The van der Waals surface area contributed by atoms with Crippen molar-refractivity contribution in [1.82, 2.24) is 4.90 Å². The lowest BCUT2D eigenvalue weighted by molar-refractivity contribution is -0.137. The highest BCUT2D eigenvalue weighted by Crippen LogP contribution is 2.31. The van der Waals surface area contributed by atoms with Crippen molar-refractivity contribution in [2.75, 3.05) is 17.8 Å². The lowest BCUT2D eigenvalue weighted by Gasteiger charge is -2.27. The van der Waals surface area contributed by atoms with Crippen molar-refractivity contribution in [2.24, 2.45) is 11.8 Å². The maximum Gasteiger partial charge on any atom is 0.416 e. The lowest BCUT2D eigenvalue weighted by atomic mass is 10.1. The topological polar surface area (TPSA) is 66.5 Å². The fourth-order valence-corrected chi connectivity index (χ4v) is 4.37. The molecule has 176 valence electrons. The highest BCUT2D eigenvalue weighted by Gasteiger charge is 2.31. The van der Waals surface area contributed by atoms with Gasteiger partial charge in [0.05, 0.1) is 21.0 Å². The first-order valence-electron chi connectivity index (χ1n) is 9.99. The summed E-state index contributed by atoms with van der Waals surface area (Å²) in [5, 5.41) is 0.0885. The number of anilines is 1. The van der Waals surface area contributed by atoms with E-state index in [1.807, 2.05) is 27.7 Å². The zero-order valence-corrected chi connectivity index (χ0v) is 19.8. The summed E-state index contributed by atoms with van der Waals surface area (Å²) in [6, 6.07) is 7.49. The van der Waals surface area contributed by atoms with Gasteiger partial charge in [-0.1, -0.05) is 45.4 Å². The van der Waals surface area contributed by atoms with Crippen LogP contribution in [0.4, 0.5) is 18.9 Å². The quantitative estimate of drug-likeness (QED) is 0.500. The number of benzene rings is 2. The van der Waals surface area contributed by atoms with Gasteiger partial charge in [0.25, 0.3) is 15.9 Å². The molecule has 2 aromatic carbocycles. The molecule has 1 N–H and O–H groups in total. The largest absolute Gasteiger partial charge is 0.416 e. The number of hydrogen-bond donors (Lipinski definition) is 1. The second kappa shape index (κ2) is 10.1. The Bertz CT molecular complexity index is 1060. The first-order chi connectivity index (χ1) is 14.7. The first kappa shape index (κ1) is 26.0. The van der Waals surface area contributed by atoms with Gasteiger partial charge in [-0.05, 0) is 48.2 Å². The van der Waals surface area contributed by atoms with Gasteiger partial charge >= 0.3 is 6.18 Å². The fraction of sp³-hybridized carbons (Fsp3) is 0.409. The summed E-state index contributed by atoms with van der Waals surface area (Å²) in [6.45, 7) is 8.77. The molecule has 0 spiro atoms. The van der Waals surface area contributed by atoms with E-state index in [1.165, 1.54) is 18.2 Å². The number of rotatable bonds is 8. The van der Waals surface area contributed by atoms with Crippen molar-refractivity contribution in [3.63, 3.8) is 0 Å². The van der Waals surface area contributed by atoms with Gasteiger partial charge in [-0.2, -0.15) is 13.2 Å². The minimum Gasteiger partial charge on any atom is -0.338 e. The molecule has 0 aliphatic heterocycles. The van der Waals surface area contributed by atoms with Crippen LogP contribution in [0.5, 0.6) is 0 Å². The van der Waals surface area contributed by atoms with Crippen LogP contribution >= 0.6 is 11.6 Å². The predicted molar refractivity (Wildman–Crippen MR) is 119 cm³/mol. The van der Waals surface area contributed by atoms with Crippen LogP contribution in [0.2, 0.25) is 5.02 Å². The molecular formula is C22H26ClF3N2O3S. The number of carbonyl (C=O) groups excluding carboxylic acids is 1. The Hall–Kier alpha value is -2.26. The number of halogens is 4. The maximum absolute atomic E-state index is 13.1. The van der Waals surface area contributed by atoms with E-state index in [2.05, 4.69) is 4.72 Å². The molecule has 0 radical (unpaired) electrons. The fourth-order valence-electron chi connectivity index (χ4n) is 3.10. The molecule has 32 heavy (non-hydrogen) atoms. The van der Waals surface area contributed by atoms with E-state index >= 15 is 0 Å². The molecule has 0 fully saturated rings. The van der Waals surface area contributed by atoms with Crippen LogP contribution in [0, 0.1) is 11.8 Å². The smallest absolute Gasteiger partial charge is 0.338 e. The molecule has 0 bridgehead atoms. The Balaban J connectivity index is 2.39. The van der Waals surface area contributed by atoms with E-state index < -0.39 is 27.7 Å². The summed E-state index contributed by atoms with van der Waals surface area (Å²) >= 11 is 6.20. The molecule has 2 aromatic rings. The molecule has 0 saturated heterocycles. The van der Waals surface area contributed by atoms with E-state index in [-0.39, 0.29) is 33.0 Å². The van der Waals surface area contributed by atoms with Crippen molar-refractivity contribution in [3.8, 4) is 0 Å². The van der Waals surface area contributed by atoms with Gasteiger partial charge in [-0.25, -0.2) is 8.42 Å². The second-order valence-corrected chi connectivity index (χ2v) is 10.4. The molecule has 0 atom stereocenters. The monoisotopic (exact) mass is 490 g/mol. The van der Waals surface area contributed by atoms with E-state index in [4.69, 9.17) is 11.6 Å². The predicted octanol–water partition coefficient (Wildman–Crippen LogP) is 5.91. The van der Waals surface area contributed by atoms with Gasteiger partial charge in [-0.3, -0.25) is 9.52 Å². The summed E-state index contributed by atoms with van der Waals surface area (Å²) in [7, 11) is -4.27. The Morgan fingerprint density at radius 1 is 1.03 bits per heavy atom. The molecule has 1 amide bonds. The van der Waals surface area contributed by atoms with Crippen LogP contribution in [0.3, 0.4) is 0 Å². The van der Waals surface area contributed by atoms with Crippen LogP contribution in [0.15, 0.2) is 47.4 Å². The third kappa shape index (κ3) is 6.87. The molecule has 0 aromatic heterocycles. The van der Waals surface area contributed by atoms with Crippen LogP contribution in [0.1, 0.15) is 43.6 Å². The molecule has 0 aliphatic carbocycles. The van der Waals surface area contributed by atoms with E-state index in [9.17, 15) is 26.4 Å². The third-order valence-electron chi connectivity index (χ3n) is 4.38. The van der Waals surface area contributed by atoms with Gasteiger partial charge in [0.1, 0.15) is 0 Å². The van der Waals surface area contributed by atoms with Crippen molar-refractivity contribution >= 4 is 33.2 Å². The first-order valence-corrected chi connectivity index (χ1v) is 11.9. The molecule has 5 nitrogen and oxygen atoms in total. The number of hydrogen-bond acceptors (Lipinski definition) is 3. The van der Waals surface area contributed by atoms with Gasteiger partial charge in [0, 0.05) is 18.8 Å². The zero-order chi connectivity index (χ0) is 24.3. The number of alkyl halides is 3. The molecule has 2 rings (SSSR count). The van der Waals surface area contributed by atoms with Crippen molar-refractivity contribution in [1.29, 1.82) is 0 Å². The van der Waals surface area contributed by atoms with Crippen molar-refractivity contribution in [3.05, 3.63) is 58.6 Å². The van der Waals surface area contributed by atoms with Crippen LogP contribution < -0.4 is 4.72 Å². The average molecular weight is 491 g/mol. The highest BCUT2D eigenvalue weighted by atomic mass is 35.5. The van der Waals surface area contributed by atoms with Crippen molar-refractivity contribution < 1.29 is 26.4 Å². The van der Waals surface area contributed by atoms with Crippen LogP contribution in [-0.4, -0.2) is 32.3 Å². The van der Waals surface area contributed by atoms with E-state index in [0.717, 1.165) is 18.2 Å². The Kier molecular flexibility index (Phi) is 8.22. The molecular weight excluding hydrogens is 465 g/mol. The zero-order valence-electron chi connectivity index (χ0n) is 18.2. The van der Waals surface area contributed by atoms with Gasteiger partial charge in [0.2, 0.25) is 0 Å². The Morgan fingerprint density at radius 3 is 2.16 bits per heavy atom. The third-order valence-corrected chi connectivity index (χ3v) is 6.09. The summed E-state index contributed by atoms with van der Waals surface area (Å²) in [5.74, 6) is -0.0366. The van der Waals surface area contributed by atoms with Gasteiger partial charge in [0.15, 0.2) is 0 Å². The van der Waals surface area contributed by atoms with Gasteiger partial charge < -0.3 is 4.90 Å². The number of carbonyl (C=O) groups is 1. The number of nitrogens with one attached hydrogen (secondary N) is 1. The van der Waals surface area contributed by atoms with Crippen LogP contribution in [0.25, 0.3) is 0 Å². The SMILES string of the molecule is CC(C)CN(CC(C)C)C(=O)c1cc(S(=O)(=O)Nc2cccc(C(F)(F)F)c2)ccc1Cl. The standard InChI is InChI=1S/C22H26ClF3N2O3S/c1-14(2)12-28(13-15(3)4)21(29)19-11-18(8-9-20(19)23)32(30,31)27-17-7-5-6-16(10-17)22(24,25)26/h5-11,14-15,27H,12-13H2,1-4H3. The highest BCUT2D eigenvalue weighted by molar-refractivity contribution is 7.92. The van der Waals surface area contributed by atoms with Crippen LogP contribution in [-0.2, 0) is 16.2 Å². The van der Waals surface area contributed by atoms with E-state index in [0.29, 0.717) is 19.2 Å². The van der Waals surface area contributed by atoms with Gasteiger partial charge in [-0.15, -0.1) is 0 Å². The molecule has 0 saturated carbocycles. The Morgan fingerprint density at radius 2 is 1.62 bits per heavy atom. The van der Waals surface area contributed by atoms with E-state index in [1.54, 1.807) is 4.90 Å². The molecule has 0 heterocycles. The minimum atomic E-state index is -4.61. The molecule has 0 aliphatic rings.